The number of hydrogen-bond acceptors (Lipinski definition) is 6. The molecule has 0 bridgehead atoms. The van der Waals surface area contributed by atoms with Crippen LogP contribution in [0.15, 0.2) is 24.5 Å². The van der Waals surface area contributed by atoms with Crippen LogP contribution in [0, 0.1) is 0 Å². The zero-order valence-corrected chi connectivity index (χ0v) is 11.3. The molecule has 1 aliphatic heterocycles. The molecule has 2 aromatic rings. The summed E-state index contributed by atoms with van der Waals surface area (Å²) in [6.07, 6.45) is 6.14. The molecule has 6 heteroatoms. The Bertz CT molecular complexity index is 631. The van der Waals surface area contributed by atoms with E-state index >= 15 is 0 Å². The summed E-state index contributed by atoms with van der Waals surface area (Å²) in [5, 5.41) is 0. The standard InChI is InChI=1S/C14H16N4O2/c1-20-14(19)11-4-2-3-9-18(11)12-6-5-10-13(17-12)16-8-7-15-10/h5-8,11H,2-4,9H2,1H3. The van der Waals surface area contributed by atoms with Crippen LogP contribution in [0.3, 0.4) is 0 Å². The van der Waals surface area contributed by atoms with Gasteiger partial charge in [-0.25, -0.2) is 14.8 Å². The summed E-state index contributed by atoms with van der Waals surface area (Å²) < 4.78 is 4.89. The lowest BCUT2D eigenvalue weighted by Crippen LogP contribution is -2.45. The number of esters is 1. The van der Waals surface area contributed by atoms with Gasteiger partial charge < -0.3 is 9.64 Å². The highest BCUT2D eigenvalue weighted by atomic mass is 16.5. The monoisotopic (exact) mass is 272 g/mol. The quantitative estimate of drug-likeness (QED) is 0.773. The van der Waals surface area contributed by atoms with Gasteiger partial charge in [-0.05, 0) is 31.4 Å². The molecule has 3 heterocycles. The van der Waals surface area contributed by atoms with E-state index in [1.54, 1.807) is 12.4 Å². The van der Waals surface area contributed by atoms with Gasteiger partial charge in [-0.1, -0.05) is 0 Å². The molecule has 1 fully saturated rings. The molecule has 2 aromatic heterocycles. The van der Waals surface area contributed by atoms with E-state index in [1.165, 1.54) is 7.11 Å². The first-order valence-electron chi connectivity index (χ1n) is 6.72. The number of nitrogens with zero attached hydrogens (tertiary/aromatic N) is 4. The number of pyridine rings is 1. The molecule has 104 valence electrons. The van der Waals surface area contributed by atoms with Crippen molar-refractivity contribution >= 4 is 23.0 Å². The van der Waals surface area contributed by atoms with E-state index in [9.17, 15) is 4.79 Å². The van der Waals surface area contributed by atoms with Crippen LogP contribution < -0.4 is 4.90 Å². The van der Waals surface area contributed by atoms with E-state index in [4.69, 9.17) is 4.74 Å². The predicted molar refractivity (Wildman–Crippen MR) is 74.3 cm³/mol. The molecule has 1 atom stereocenters. The first kappa shape index (κ1) is 12.8. The Morgan fingerprint density at radius 1 is 1.30 bits per heavy atom. The van der Waals surface area contributed by atoms with Crippen LogP contribution in [0.1, 0.15) is 19.3 Å². The number of anilines is 1. The number of methoxy groups -OCH3 is 1. The zero-order valence-electron chi connectivity index (χ0n) is 11.3. The predicted octanol–water partition coefficient (Wildman–Crippen LogP) is 1.56. The molecule has 20 heavy (non-hydrogen) atoms. The normalized spacial score (nSPS) is 19.1. The highest BCUT2D eigenvalue weighted by Crippen LogP contribution is 2.25. The number of aromatic nitrogens is 3. The van der Waals surface area contributed by atoms with Gasteiger partial charge in [0.2, 0.25) is 0 Å². The van der Waals surface area contributed by atoms with Crippen molar-refractivity contribution in [3.63, 3.8) is 0 Å². The topological polar surface area (TPSA) is 68.2 Å². The molecule has 0 spiro atoms. The highest BCUT2D eigenvalue weighted by molar-refractivity contribution is 5.80. The second-order valence-electron chi connectivity index (χ2n) is 4.80. The van der Waals surface area contributed by atoms with Crippen molar-refractivity contribution in [1.82, 2.24) is 15.0 Å². The molecule has 6 nitrogen and oxygen atoms in total. The van der Waals surface area contributed by atoms with Crippen LogP contribution in [0.25, 0.3) is 11.2 Å². The van der Waals surface area contributed by atoms with Crippen LogP contribution in [0.4, 0.5) is 5.82 Å². The number of rotatable bonds is 2. The Morgan fingerprint density at radius 2 is 2.15 bits per heavy atom. The molecular formula is C14H16N4O2. The highest BCUT2D eigenvalue weighted by Gasteiger charge is 2.30. The van der Waals surface area contributed by atoms with E-state index in [-0.39, 0.29) is 12.0 Å². The van der Waals surface area contributed by atoms with Crippen LogP contribution in [0.2, 0.25) is 0 Å². The van der Waals surface area contributed by atoms with Gasteiger partial charge in [-0.3, -0.25) is 4.98 Å². The Kier molecular flexibility index (Phi) is 3.45. The average molecular weight is 272 g/mol. The third kappa shape index (κ3) is 2.29. The first-order valence-corrected chi connectivity index (χ1v) is 6.72. The van der Waals surface area contributed by atoms with E-state index in [1.807, 2.05) is 17.0 Å². The van der Waals surface area contributed by atoms with Crippen molar-refractivity contribution in [2.45, 2.75) is 25.3 Å². The minimum atomic E-state index is -0.254. The third-order valence-corrected chi connectivity index (χ3v) is 3.59. The molecule has 3 rings (SSSR count). The van der Waals surface area contributed by atoms with E-state index in [2.05, 4.69) is 15.0 Å². The lowest BCUT2D eigenvalue weighted by atomic mass is 10.0. The van der Waals surface area contributed by atoms with Gasteiger partial charge in [-0.2, -0.15) is 0 Å². The number of carbonyl (C=O) groups is 1. The zero-order chi connectivity index (χ0) is 13.9. The third-order valence-electron chi connectivity index (χ3n) is 3.59. The summed E-state index contributed by atoms with van der Waals surface area (Å²) in [4.78, 5) is 26.8. The molecule has 1 aliphatic rings. The van der Waals surface area contributed by atoms with Crippen LogP contribution in [0.5, 0.6) is 0 Å². The summed E-state index contributed by atoms with van der Waals surface area (Å²) in [5.41, 5.74) is 1.35. The van der Waals surface area contributed by atoms with E-state index < -0.39 is 0 Å². The maximum Gasteiger partial charge on any atom is 0.328 e. The van der Waals surface area contributed by atoms with Gasteiger partial charge in [0.05, 0.1) is 7.11 Å². The minimum Gasteiger partial charge on any atom is -0.467 e. The smallest absolute Gasteiger partial charge is 0.328 e. The molecule has 0 aliphatic carbocycles. The van der Waals surface area contributed by atoms with Crippen molar-refractivity contribution in [3.8, 4) is 0 Å². The maximum absolute atomic E-state index is 11.9. The van der Waals surface area contributed by atoms with Crippen molar-refractivity contribution in [2.75, 3.05) is 18.6 Å². The fraction of sp³-hybridized carbons (Fsp3) is 0.429. The van der Waals surface area contributed by atoms with E-state index in [0.29, 0.717) is 5.65 Å². The Labute approximate surface area is 116 Å². The van der Waals surface area contributed by atoms with Gasteiger partial charge in [-0.15, -0.1) is 0 Å². The van der Waals surface area contributed by atoms with E-state index in [0.717, 1.165) is 37.1 Å². The van der Waals surface area contributed by atoms with Crippen LogP contribution >= 0.6 is 0 Å². The minimum absolute atomic E-state index is 0.203. The molecule has 0 amide bonds. The Hall–Kier alpha value is -2.24. The van der Waals surface area contributed by atoms with Gasteiger partial charge in [0.1, 0.15) is 17.4 Å². The van der Waals surface area contributed by atoms with Crippen molar-refractivity contribution in [2.24, 2.45) is 0 Å². The maximum atomic E-state index is 11.9. The largest absolute Gasteiger partial charge is 0.467 e. The van der Waals surface area contributed by atoms with Crippen molar-refractivity contribution in [1.29, 1.82) is 0 Å². The molecular weight excluding hydrogens is 256 g/mol. The molecule has 0 radical (unpaired) electrons. The summed E-state index contributed by atoms with van der Waals surface area (Å²) in [6, 6.07) is 3.52. The lowest BCUT2D eigenvalue weighted by Gasteiger charge is -2.34. The summed E-state index contributed by atoms with van der Waals surface area (Å²) in [7, 11) is 1.43. The summed E-state index contributed by atoms with van der Waals surface area (Å²) in [6.45, 7) is 0.804. The number of piperidine rings is 1. The van der Waals surface area contributed by atoms with Crippen LogP contribution in [-0.4, -0.2) is 40.6 Å². The number of fused-ring (bicyclic) bond motifs is 1. The number of carbonyl (C=O) groups excluding carboxylic acids is 1. The molecule has 0 saturated carbocycles. The van der Waals surface area contributed by atoms with Gasteiger partial charge in [0.15, 0.2) is 5.65 Å². The summed E-state index contributed by atoms with van der Waals surface area (Å²) in [5.74, 6) is 0.554. The fourth-order valence-corrected chi connectivity index (χ4v) is 2.59. The Balaban J connectivity index is 1.96. The molecule has 1 unspecified atom stereocenters. The van der Waals surface area contributed by atoms with Crippen LogP contribution in [-0.2, 0) is 9.53 Å². The van der Waals surface area contributed by atoms with Crippen molar-refractivity contribution in [3.05, 3.63) is 24.5 Å². The SMILES string of the molecule is COC(=O)C1CCCCN1c1ccc2nccnc2n1. The molecule has 0 aromatic carbocycles. The molecule has 0 N–H and O–H groups in total. The number of hydrogen-bond donors (Lipinski definition) is 0. The second-order valence-corrected chi connectivity index (χ2v) is 4.80. The lowest BCUT2D eigenvalue weighted by molar-refractivity contribution is -0.142. The van der Waals surface area contributed by atoms with Crippen molar-refractivity contribution < 1.29 is 9.53 Å². The van der Waals surface area contributed by atoms with Gasteiger partial charge in [0.25, 0.3) is 0 Å². The van der Waals surface area contributed by atoms with Gasteiger partial charge in [0, 0.05) is 18.9 Å². The average Bonchev–Trinajstić information content (AvgIpc) is 2.53. The molecule has 1 saturated heterocycles. The fourth-order valence-electron chi connectivity index (χ4n) is 2.59. The van der Waals surface area contributed by atoms with Gasteiger partial charge >= 0.3 is 5.97 Å². The summed E-state index contributed by atoms with van der Waals surface area (Å²) >= 11 is 0. The number of ether oxygens (including phenoxy) is 1. The second kappa shape index (κ2) is 5.40. The first-order chi connectivity index (χ1) is 9.79. The Morgan fingerprint density at radius 3 is 3.00 bits per heavy atom.